The second-order valence-corrected chi connectivity index (χ2v) is 7.13. The third kappa shape index (κ3) is 4.03. The Bertz CT molecular complexity index is 908. The maximum Gasteiger partial charge on any atom is 0.123 e. The molecule has 4 nitrogen and oxygen atoms in total. The molecule has 140 valence electrons. The number of hydrogen-bond acceptors (Lipinski definition) is 3. The van der Waals surface area contributed by atoms with Gasteiger partial charge in [0.05, 0.1) is 13.3 Å². The van der Waals surface area contributed by atoms with Crippen molar-refractivity contribution in [1.82, 2.24) is 15.1 Å². The molecule has 0 aliphatic carbocycles. The van der Waals surface area contributed by atoms with E-state index in [-0.39, 0.29) is 5.82 Å². The molecule has 1 aromatic heterocycles. The van der Waals surface area contributed by atoms with Gasteiger partial charge in [0.25, 0.3) is 0 Å². The predicted molar refractivity (Wildman–Crippen MR) is 104 cm³/mol. The Morgan fingerprint density at radius 1 is 1.22 bits per heavy atom. The van der Waals surface area contributed by atoms with Crippen molar-refractivity contribution in [2.75, 3.05) is 20.2 Å². The number of benzene rings is 2. The van der Waals surface area contributed by atoms with Crippen LogP contribution in [0, 0.1) is 5.82 Å². The average molecular weight is 365 g/mol. The third-order valence-electron chi connectivity index (χ3n) is 5.26. The van der Waals surface area contributed by atoms with Crippen molar-refractivity contribution in [3.63, 3.8) is 0 Å². The number of nitrogens with zero attached hydrogens (tertiary/aromatic N) is 2. The summed E-state index contributed by atoms with van der Waals surface area (Å²) in [6.07, 6.45) is 4.06. The topological polar surface area (TPSA) is 41.1 Å². The van der Waals surface area contributed by atoms with Gasteiger partial charge in [0.1, 0.15) is 11.6 Å². The first-order chi connectivity index (χ1) is 13.2. The number of likely N-dealkylation sites (tertiary alicyclic amines) is 1. The second kappa shape index (κ2) is 7.92. The van der Waals surface area contributed by atoms with Gasteiger partial charge in [-0.15, -0.1) is 0 Å². The summed E-state index contributed by atoms with van der Waals surface area (Å²) in [5.74, 6) is 1.04. The highest BCUT2D eigenvalue weighted by molar-refractivity contribution is 5.65. The van der Waals surface area contributed by atoms with Gasteiger partial charge >= 0.3 is 0 Å². The van der Waals surface area contributed by atoms with Crippen molar-refractivity contribution in [2.45, 2.75) is 25.3 Å². The number of aromatic nitrogens is 2. The quantitative estimate of drug-likeness (QED) is 0.718. The highest BCUT2D eigenvalue weighted by Crippen LogP contribution is 2.33. The fraction of sp³-hybridized carbons (Fsp3) is 0.318. The summed E-state index contributed by atoms with van der Waals surface area (Å²) in [7, 11) is 1.70. The van der Waals surface area contributed by atoms with E-state index in [1.165, 1.54) is 11.6 Å². The Balaban J connectivity index is 1.51. The molecule has 0 unspecified atom stereocenters. The normalized spacial score (nSPS) is 17.8. The van der Waals surface area contributed by atoms with Crippen molar-refractivity contribution in [3.8, 4) is 16.9 Å². The Kier molecular flexibility index (Phi) is 5.21. The highest BCUT2D eigenvalue weighted by atomic mass is 19.1. The van der Waals surface area contributed by atoms with E-state index in [1.807, 2.05) is 24.4 Å². The van der Waals surface area contributed by atoms with E-state index in [1.54, 1.807) is 19.2 Å². The molecule has 2 aromatic carbocycles. The fourth-order valence-electron chi connectivity index (χ4n) is 3.96. The summed E-state index contributed by atoms with van der Waals surface area (Å²) in [4.78, 5) is 2.47. The molecule has 1 N–H and O–H groups in total. The van der Waals surface area contributed by atoms with Crippen LogP contribution in [-0.4, -0.2) is 35.3 Å². The zero-order valence-corrected chi connectivity index (χ0v) is 15.5. The molecule has 1 saturated heterocycles. The molecule has 1 fully saturated rings. The van der Waals surface area contributed by atoms with Crippen LogP contribution in [-0.2, 0) is 6.54 Å². The summed E-state index contributed by atoms with van der Waals surface area (Å²) < 4.78 is 19.0. The first-order valence-corrected chi connectivity index (χ1v) is 9.37. The molecule has 5 heteroatoms. The lowest BCUT2D eigenvalue weighted by Gasteiger charge is -2.32. The summed E-state index contributed by atoms with van der Waals surface area (Å²) in [5, 5.41) is 7.43. The SMILES string of the molecule is COc1cccc(CN2CCC[C@H](c3[nH]ncc3-c3cccc(F)c3)C2)c1. The number of rotatable bonds is 5. The van der Waals surface area contributed by atoms with Crippen molar-refractivity contribution in [1.29, 1.82) is 0 Å². The minimum Gasteiger partial charge on any atom is -0.497 e. The van der Waals surface area contributed by atoms with Crippen LogP contribution in [0.3, 0.4) is 0 Å². The minimum absolute atomic E-state index is 0.219. The standard InChI is InChI=1S/C22H24FN3O/c1-27-20-9-2-5-16(11-20)14-26-10-4-7-18(15-26)22-21(13-24-25-22)17-6-3-8-19(23)12-17/h2-3,5-6,8-9,11-13,18H,4,7,10,14-15H2,1H3,(H,24,25)/t18-/m0/s1. The summed E-state index contributed by atoms with van der Waals surface area (Å²) in [6.45, 7) is 2.94. The predicted octanol–water partition coefficient (Wildman–Crippen LogP) is 4.60. The molecule has 0 amide bonds. The molecule has 0 radical (unpaired) electrons. The van der Waals surface area contributed by atoms with E-state index >= 15 is 0 Å². The lowest BCUT2D eigenvalue weighted by atomic mass is 9.90. The number of methoxy groups -OCH3 is 1. The van der Waals surface area contributed by atoms with E-state index in [9.17, 15) is 4.39 Å². The van der Waals surface area contributed by atoms with Gasteiger partial charge in [-0.25, -0.2) is 4.39 Å². The Hall–Kier alpha value is -2.66. The second-order valence-electron chi connectivity index (χ2n) is 7.13. The third-order valence-corrected chi connectivity index (χ3v) is 5.26. The molecule has 1 aliphatic rings. The van der Waals surface area contributed by atoms with Crippen LogP contribution in [0.4, 0.5) is 4.39 Å². The van der Waals surface area contributed by atoms with Crippen LogP contribution < -0.4 is 4.74 Å². The molecule has 27 heavy (non-hydrogen) atoms. The van der Waals surface area contributed by atoms with Crippen LogP contribution in [0.1, 0.15) is 30.0 Å². The molecule has 0 spiro atoms. The Morgan fingerprint density at radius 3 is 2.96 bits per heavy atom. The number of hydrogen-bond donors (Lipinski definition) is 1. The van der Waals surface area contributed by atoms with Gasteiger partial charge in [0.2, 0.25) is 0 Å². The van der Waals surface area contributed by atoms with Gasteiger partial charge in [0.15, 0.2) is 0 Å². The van der Waals surface area contributed by atoms with E-state index in [4.69, 9.17) is 4.74 Å². The van der Waals surface area contributed by atoms with E-state index in [0.717, 1.165) is 55.0 Å². The van der Waals surface area contributed by atoms with Gasteiger partial charge in [-0.05, 0) is 54.8 Å². The van der Waals surface area contributed by atoms with Crippen molar-refractivity contribution in [2.24, 2.45) is 0 Å². The first-order valence-electron chi connectivity index (χ1n) is 9.37. The molecule has 0 bridgehead atoms. The van der Waals surface area contributed by atoms with Crippen molar-refractivity contribution < 1.29 is 9.13 Å². The lowest BCUT2D eigenvalue weighted by Crippen LogP contribution is -2.34. The maximum absolute atomic E-state index is 13.7. The summed E-state index contributed by atoms with van der Waals surface area (Å²) in [6, 6.07) is 15.0. The minimum atomic E-state index is -0.219. The number of ether oxygens (including phenoxy) is 1. The average Bonchev–Trinajstić information content (AvgIpc) is 3.18. The maximum atomic E-state index is 13.7. The molecule has 2 heterocycles. The first kappa shape index (κ1) is 17.7. The summed E-state index contributed by atoms with van der Waals surface area (Å²) >= 11 is 0. The molecule has 1 atom stereocenters. The van der Waals surface area contributed by atoms with Crippen LogP contribution in [0.25, 0.3) is 11.1 Å². The van der Waals surface area contributed by atoms with E-state index in [0.29, 0.717) is 5.92 Å². The summed E-state index contributed by atoms with van der Waals surface area (Å²) in [5.41, 5.74) is 4.24. The zero-order valence-electron chi connectivity index (χ0n) is 15.5. The Labute approximate surface area is 159 Å². The van der Waals surface area contributed by atoms with Crippen LogP contribution >= 0.6 is 0 Å². The largest absolute Gasteiger partial charge is 0.497 e. The van der Waals surface area contributed by atoms with Crippen LogP contribution in [0.15, 0.2) is 54.7 Å². The number of H-pyrrole nitrogens is 1. The van der Waals surface area contributed by atoms with E-state index in [2.05, 4.69) is 27.2 Å². The van der Waals surface area contributed by atoms with Crippen molar-refractivity contribution in [3.05, 3.63) is 71.8 Å². The van der Waals surface area contributed by atoms with Crippen LogP contribution in [0.2, 0.25) is 0 Å². The Morgan fingerprint density at radius 2 is 2.11 bits per heavy atom. The molecule has 0 saturated carbocycles. The highest BCUT2D eigenvalue weighted by Gasteiger charge is 2.25. The monoisotopic (exact) mass is 365 g/mol. The van der Waals surface area contributed by atoms with E-state index < -0.39 is 0 Å². The van der Waals surface area contributed by atoms with Gasteiger partial charge in [-0.1, -0.05) is 24.3 Å². The number of piperidine rings is 1. The molecule has 4 rings (SSSR count). The number of nitrogens with one attached hydrogen (secondary N) is 1. The fourth-order valence-corrected chi connectivity index (χ4v) is 3.96. The van der Waals surface area contributed by atoms with Crippen LogP contribution in [0.5, 0.6) is 5.75 Å². The van der Waals surface area contributed by atoms with Crippen molar-refractivity contribution >= 4 is 0 Å². The number of halogens is 1. The molecule has 1 aliphatic heterocycles. The molecular formula is C22H24FN3O. The zero-order chi connectivity index (χ0) is 18.6. The lowest BCUT2D eigenvalue weighted by molar-refractivity contribution is 0.198. The van der Waals surface area contributed by atoms with Gasteiger partial charge < -0.3 is 4.74 Å². The molecule has 3 aromatic rings. The van der Waals surface area contributed by atoms with Gasteiger partial charge in [0, 0.05) is 30.3 Å². The van der Waals surface area contributed by atoms with Gasteiger partial charge in [-0.3, -0.25) is 10.00 Å². The molecular weight excluding hydrogens is 341 g/mol. The van der Waals surface area contributed by atoms with Gasteiger partial charge in [-0.2, -0.15) is 5.10 Å². The number of aromatic amines is 1. The smallest absolute Gasteiger partial charge is 0.123 e.